The molecule has 1 fully saturated rings. The number of fused-ring (bicyclic) bond motifs is 1. The van der Waals surface area contributed by atoms with E-state index in [2.05, 4.69) is 73.5 Å². The predicted molar refractivity (Wildman–Crippen MR) is 86.3 cm³/mol. The van der Waals surface area contributed by atoms with Crippen LogP contribution in [0.4, 0.5) is 5.69 Å². The molecule has 2 aromatic rings. The first-order valence-electron chi connectivity index (χ1n) is 7.47. The Bertz CT molecular complexity index is 615. The molecule has 0 unspecified atom stereocenters. The first-order chi connectivity index (χ1) is 9.41. The number of likely N-dealkylation sites (N-methyl/N-ethyl adjacent to an activating group) is 1. The fraction of sp³-hybridized carbons (Fsp3) is 0.529. The lowest BCUT2D eigenvalue weighted by atomic mass is 10.1. The van der Waals surface area contributed by atoms with Crippen LogP contribution in [0.1, 0.15) is 33.6 Å². The lowest BCUT2D eigenvalue weighted by Crippen LogP contribution is -2.32. The summed E-state index contributed by atoms with van der Waals surface area (Å²) in [7, 11) is 2.07. The third kappa shape index (κ3) is 2.68. The molecule has 3 heteroatoms. The molecule has 3 rings (SSSR count). The van der Waals surface area contributed by atoms with Crippen molar-refractivity contribution in [2.45, 2.75) is 51.2 Å². The molecule has 2 N–H and O–H groups in total. The molecule has 20 heavy (non-hydrogen) atoms. The number of nitrogens with one attached hydrogen (secondary N) is 2. The van der Waals surface area contributed by atoms with Gasteiger partial charge in [-0.2, -0.15) is 0 Å². The molecule has 0 spiro atoms. The molecule has 3 nitrogen and oxygen atoms in total. The summed E-state index contributed by atoms with van der Waals surface area (Å²) in [4.78, 5) is 0. The van der Waals surface area contributed by atoms with E-state index in [9.17, 15) is 0 Å². The Labute approximate surface area is 121 Å². The zero-order valence-electron chi connectivity index (χ0n) is 13.0. The first kappa shape index (κ1) is 13.5. The van der Waals surface area contributed by atoms with Crippen LogP contribution < -0.4 is 10.6 Å². The van der Waals surface area contributed by atoms with E-state index in [1.807, 2.05) is 0 Å². The third-order valence-corrected chi connectivity index (χ3v) is 4.15. The summed E-state index contributed by atoms with van der Waals surface area (Å²) in [6, 6.07) is 8.88. The fourth-order valence-electron chi connectivity index (χ4n) is 2.81. The summed E-state index contributed by atoms with van der Waals surface area (Å²) in [5.74, 6) is 0. The van der Waals surface area contributed by atoms with Gasteiger partial charge in [-0.3, -0.25) is 0 Å². The highest BCUT2D eigenvalue weighted by Gasteiger charge is 2.41. The molecule has 1 heterocycles. The second-order valence-electron chi connectivity index (χ2n) is 7.12. The minimum Gasteiger partial charge on any atom is -0.380 e. The number of hydrogen-bond donors (Lipinski definition) is 2. The zero-order valence-corrected chi connectivity index (χ0v) is 13.0. The van der Waals surface area contributed by atoms with Crippen LogP contribution in [0.3, 0.4) is 0 Å². The Morgan fingerprint density at radius 1 is 1.20 bits per heavy atom. The fourth-order valence-corrected chi connectivity index (χ4v) is 2.81. The van der Waals surface area contributed by atoms with Crippen molar-refractivity contribution in [1.29, 1.82) is 0 Å². The van der Waals surface area contributed by atoms with Gasteiger partial charge >= 0.3 is 0 Å². The number of nitrogens with zero attached hydrogens (tertiary/aromatic N) is 1. The molecule has 0 bridgehead atoms. The molecule has 0 aliphatic heterocycles. The Morgan fingerprint density at radius 2 is 1.95 bits per heavy atom. The largest absolute Gasteiger partial charge is 0.380 e. The van der Waals surface area contributed by atoms with Gasteiger partial charge in [0, 0.05) is 40.4 Å². The van der Waals surface area contributed by atoms with Crippen molar-refractivity contribution >= 4 is 16.6 Å². The zero-order chi connectivity index (χ0) is 14.4. The van der Waals surface area contributed by atoms with E-state index >= 15 is 0 Å². The number of anilines is 1. The van der Waals surface area contributed by atoms with E-state index in [0.717, 1.165) is 6.54 Å². The highest BCUT2D eigenvalue weighted by Crippen LogP contribution is 2.37. The molecule has 1 aliphatic carbocycles. The lowest BCUT2D eigenvalue weighted by molar-refractivity contribution is 0.474. The summed E-state index contributed by atoms with van der Waals surface area (Å²) in [6.45, 7) is 7.63. The van der Waals surface area contributed by atoms with E-state index in [0.29, 0.717) is 5.54 Å². The number of rotatable bonds is 4. The van der Waals surface area contributed by atoms with Gasteiger partial charge in [0.05, 0.1) is 0 Å². The first-order valence-corrected chi connectivity index (χ1v) is 7.47. The van der Waals surface area contributed by atoms with E-state index < -0.39 is 0 Å². The smallest absolute Gasteiger partial charge is 0.0482 e. The molecule has 1 aliphatic rings. The van der Waals surface area contributed by atoms with Crippen LogP contribution in [-0.2, 0) is 6.54 Å². The Kier molecular flexibility index (Phi) is 3.05. The monoisotopic (exact) mass is 271 g/mol. The normalized spacial score (nSPS) is 17.4. The standard InChI is InChI=1S/C17H25N3/c1-16(2,3)19-14-5-6-15-13(11-14)7-10-20(15)12-17(18-4)8-9-17/h5-7,10-11,18-19H,8-9,12H2,1-4H3. The molecular weight excluding hydrogens is 246 g/mol. The average molecular weight is 271 g/mol. The van der Waals surface area contributed by atoms with Gasteiger partial charge in [-0.05, 0) is 64.9 Å². The molecule has 0 atom stereocenters. The summed E-state index contributed by atoms with van der Waals surface area (Å²) in [6.07, 6.45) is 4.78. The average Bonchev–Trinajstić information content (AvgIpc) is 3.03. The lowest BCUT2D eigenvalue weighted by Gasteiger charge is -2.22. The molecule has 1 aromatic carbocycles. The maximum absolute atomic E-state index is 3.53. The summed E-state index contributed by atoms with van der Waals surface area (Å²) in [5, 5.41) is 8.31. The molecular formula is C17H25N3. The molecule has 1 saturated carbocycles. The van der Waals surface area contributed by atoms with Crippen LogP contribution in [0.5, 0.6) is 0 Å². The van der Waals surface area contributed by atoms with Gasteiger partial charge in [0.15, 0.2) is 0 Å². The highest BCUT2D eigenvalue weighted by atomic mass is 15.1. The van der Waals surface area contributed by atoms with Crippen molar-refractivity contribution < 1.29 is 0 Å². The Hall–Kier alpha value is -1.48. The Morgan fingerprint density at radius 3 is 2.55 bits per heavy atom. The van der Waals surface area contributed by atoms with Gasteiger partial charge in [-0.25, -0.2) is 0 Å². The van der Waals surface area contributed by atoms with Crippen molar-refractivity contribution in [3.8, 4) is 0 Å². The van der Waals surface area contributed by atoms with E-state index in [1.165, 1.54) is 29.4 Å². The van der Waals surface area contributed by atoms with Crippen molar-refractivity contribution in [2.24, 2.45) is 0 Å². The van der Waals surface area contributed by atoms with E-state index in [1.54, 1.807) is 0 Å². The quantitative estimate of drug-likeness (QED) is 0.889. The molecule has 0 radical (unpaired) electrons. The molecule has 1 aromatic heterocycles. The second-order valence-corrected chi connectivity index (χ2v) is 7.12. The number of aromatic nitrogens is 1. The van der Waals surface area contributed by atoms with Gasteiger partial charge in [0.2, 0.25) is 0 Å². The van der Waals surface area contributed by atoms with Gasteiger partial charge in [-0.15, -0.1) is 0 Å². The van der Waals surface area contributed by atoms with Crippen LogP contribution in [0.25, 0.3) is 10.9 Å². The summed E-state index contributed by atoms with van der Waals surface area (Å²) in [5.41, 5.74) is 2.96. The van der Waals surface area contributed by atoms with Crippen molar-refractivity contribution in [3.63, 3.8) is 0 Å². The highest BCUT2D eigenvalue weighted by molar-refractivity contribution is 5.84. The van der Waals surface area contributed by atoms with E-state index in [-0.39, 0.29) is 5.54 Å². The van der Waals surface area contributed by atoms with Gasteiger partial charge in [0.1, 0.15) is 0 Å². The summed E-state index contributed by atoms with van der Waals surface area (Å²) >= 11 is 0. The third-order valence-electron chi connectivity index (χ3n) is 4.15. The molecule has 0 saturated heterocycles. The maximum atomic E-state index is 3.53. The van der Waals surface area contributed by atoms with Crippen LogP contribution in [0.15, 0.2) is 30.5 Å². The molecule has 108 valence electrons. The second kappa shape index (κ2) is 4.52. The van der Waals surface area contributed by atoms with Crippen LogP contribution in [0.2, 0.25) is 0 Å². The van der Waals surface area contributed by atoms with Crippen molar-refractivity contribution in [3.05, 3.63) is 30.5 Å². The summed E-state index contributed by atoms with van der Waals surface area (Å²) < 4.78 is 2.37. The number of hydrogen-bond acceptors (Lipinski definition) is 2. The molecule has 0 amide bonds. The number of benzene rings is 1. The van der Waals surface area contributed by atoms with Gasteiger partial charge in [-0.1, -0.05) is 0 Å². The van der Waals surface area contributed by atoms with E-state index in [4.69, 9.17) is 0 Å². The Balaban J connectivity index is 1.86. The minimum absolute atomic E-state index is 0.0977. The van der Waals surface area contributed by atoms with Crippen molar-refractivity contribution in [1.82, 2.24) is 9.88 Å². The van der Waals surface area contributed by atoms with Gasteiger partial charge < -0.3 is 15.2 Å². The maximum Gasteiger partial charge on any atom is 0.0482 e. The van der Waals surface area contributed by atoms with Crippen LogP contribution in [0, 0.1) is 0 Å². The predicted octanol–water partition coefficient (Wildman–Crippen LogP) is 3.60. The van der Waals surface area contributed by atoms with Crippen molar-refractivity contribution in [2.75, 3.05) is 12.4 Å². The topological polar surface area (TPSA) is 29.0 Å². The van der Waals surface area contributed by atoms with Crippen LogP contribution in [-0.4, -0.2) is 22.7 Å². The minimum atomic E-state index is 0.0977. The SMILES string of the molecule is CNC1(Cn2ccc3cc(NC(C)(C)C)ccc32)CC1. The van der Waals surface area contributed by atoms with Crippen LogP contribution >= 0.6 is 0 Å². The van der Waals surface area contributed by atoms with Gasteiger partial charge in [0.25, 0.3) is 0 Å².